The highest BCUT2D eigenvalue weighted by Crippen LogP contribution is 2.42. The highest BCUT2D eigenvalue weighted by Gasteiger charge is 2.40. The molecule has 0 radical (unpaired) electrons. The number of allylic oxidation sites excluding steroid dienone is 1. The van der Waals surface area contributed by atoms with E-state index in [1.54, 1.807) is 5.32 Å². The van der Waals surface area contributed by atoms with Gasteiger partial charge in [-0.15, -0.1) is 0 Å². The van der Waals surface area contributed by atoms with Gasteiger partial charge in [-0.25, -0.2) is 4.39 Å². The van der Waals surface area contributed by atoms with Crippen LogP contribution in [0.2, 0.25) is 15.1 Å². The van der Waals surface area contributed by atoms with Crippen molar-refractivity contribution in [2.24, 2.45) is 0 Å². The quantitative estimate of drug-likeness (QED) is 0.239. The Balaban J connectivity index is 2.34. The molecule has 0 saturated heterocycles. The molecule has 0 heterocycles. The first-order valence-corrected chi connectivity index (χ1v) is 11.6. The molecule has 0 spiro atoms. The lowest BCUT2D eigenvalue weighted by Crippen LogP contribution is -2.47. The lowest BCUT2D eigenvalue weighted by molar-refractivity contribution is -0.139. The lowest BCUT2D eigenvalue weighted by Gasteiger charge is -2.19. The fourth-order valence-corrected chi connectivity index (χ4v) is 3.76. The van der Waals surface area contributed by atoms with Gasteiger partial charge in [0.1, 0.15) is 24.3 Å². The van der Waals surface area contributed by atoms with E-state index >= 15 is 4.39 Å². The van der Waals surface area contributed by atoms with Crippen LogP contribution in [-0.4, -0.2) is 36.8 Å². The highest BCUT2D eigenvalue weighted by molar-refractivity contribution is 6.48. The predicted octanol–water partition coefficient (Wildman–Crippen LogP) is 7.74. The molecular weight excluding hydrogens is 588 g/mol. The molecule has 14 heteroatoms. The van der Waals surface area contributed by atoms with Gasteiger partial charge in [-0.05, 0) is 48.4 Å². The first-order valence-electron chi connectivity index (χ1n) is 10.4. The van der Waals surface area contributed by atoms with E-state index in [0.717, 1.165) is 43.3 Å². The molecule has 0 aliphatic carbocycles. The standard InChI is InChI=1S/C24H18Cl3F7N2O2/c1-3-12-6-13(4-5-15(12)22(38)36-11(2)21(37)35-10-23(29,30)31)19(28)9-16(24(32,33)34)14-7-17(25)20(27)18(26)8-14/h3-9,11,16H,1,10H2,2H3,(H,35,37)(H,36,38)/b19-9-/t11-,16?/m1/s1. The zero-order valence-corrected chi connectivity index (χ0v) is 21.5. The third-order valence-electron chi connectivity index (χ3n) is 5.03. The van der Waals surface area contributed by atoms with E-state index in [-0.39, 0.29) is 31.8 Å². The number of hydrogen-bond donors (Lipinski definition) is 2. The largest absolute Gasteiger partial charge is 0.405 e. The molecule has 2 rings (SSSR count). The Morgan fingerprint density at radius 2 is 1.61 bits per heavy atom. The molecule has 2 N–H and O–H groups in total. The van der Waals surface area contributed by atoms with Gasteiger partial charge in [-0.2, -0.15) is 26.3 Å². The van der Waals surface area contributed by atoms with Crippen LogP contribution in [0.4, 0.5) is 30.7 Å². The maximum atomic E-state index is 15.0. The number of rotatable bonds is 8. The second kappa shape index (κ2) is 12.4. The SMILES string of the molecule is C=Cc1cc(/C(F)=C/C(c2cc(Cl)c(Cl)c(Cl)c2)C(F)(F)F)ccc1C(=O)N[C@H](C)C(=O)NCC(F)(F)F. The van der Waals surface area contributed by atoms with Gasteiger partial charge in [-0.1, -0.05) is 53.5 Å². The molecule has 2 aromatic carbocycles. The molecule has 1 unspecified atom stereocenters. The fraction of sp³-hybridized carbons (Fsp3) is 0.250. The molecule has 206 valence electrons. The van der Waals surface area contributed by atoms with Crippen LogP contribution in [0.5, 0.6) is 0 Å². The van der Waals surface area contributed by atoms with Crippen LogP contribution in [0, 0.1) is 0 Å². The zero-order chi connectivity index (χ0) is 29.0. The fourth-order valence-electron chi connectivity index (χ4n) is 3.14. The molecule has 2 atom stereocenters. The summed E-state index contributed by atoms with van der Waals surface area (Å²) in [5.41, 5.74) is -0.985. The molecule has 4 nitrogen and oxygen atoms in total. The van der Waals surface area contributed by atoms with Gasteiger partial charge in [0.2, 0.25) is 5.91 Å². The summed E-state index contributed by atoms with van der Waals surface area (Å²) in [6.45, 7) is 3.01. The Morgan fingerprint density at radius 3 is 2.11 bits per heavy atom. The van der Waals surface area contributed by atoms with E-state index in [0.29, 0.717) is 6.08 Å². The summed E-state index contributed by atoms with van der Waals surface area (Å²) in [6, 6.07) is 3.56. The Kier molecular flexibility index (Phi) is 10.3. The van der Waals surface area contributed by atoms with Crippen LogP contribution in [0.3, 0.4) is 0 Å². The van der Waals surface area contributed by atoms with E-state index in [1.807, 2.05) is 0 Å². The number of carbonyl (C=O) groups excluding carboxylic acids is 2. The minimum absolute atomic E-state index is 0.0207. The molecule has 2 amide bonds. The van der Waals surface area contributed by atoms with E-state index in [9.17, 15) is 35.9 Å². The number of benzene rings is 2. The Morgan fingerprint density at radius 1 is 1.03 bits per heavy atom. The van der Waals surface area contributed by atoms with E-state index in [1.165, 1.54) is 0 Å². The second-order valence-electron chi connectivity index (χ2n) is 7.87. The van der Waals surface area contributed by atoms with Crippen LogP contribution in [0.15, 0.2) is 43.0 Å². The van der Waals surface area contributed by atoms with Crippen LogP contribution in [0.1, 0.15) is 39.9 Å². The number of hydrogen-bond acceptors (Lipinski definition) is 2. The summed E-state index contributed by atoms with van der Waals surface area (Å²) >= 11 is 17.4. The van der Waals surface area contributed by atoms with Gasteiger partial charge in [0, 0.05) is 11.1 Å². The Bertz CT molecular complexity index is 1240. The normalized spacial score (nSPS) is 14.0. The number of nitrogens with one attached hydrogen (secondary N) is 2. The van der Waals surface area contributed by atoms with Crippen molar-refractivity contribution in [3.05, 3.63) is 80.3 Å². The zero-order valence-electron chi connectivity index (χ0n) is 19.2. The van der Waals surface area contributed by atoms with Crippen LogP contribution in [0.25, 0.3) is 11.9 Å². The highest BCUT2D eigenvalue weighted by atomic mass is 35.5. The number of amides is 2. The Hall–Kier alpha value is -2.76. The Labute approximate surface area is 227 Å². The topological polar surface area (TPSA) is 58.2 Å². The number of halogens is 10. The van der Waals surface area contributed by atoms with E-state index in [2.05, 4.69) is 11.9 Å². The monoisotopic (exact) mass is 604 g/mol. The summed E-state index contributed by atoms with van der Waals surface area (Å²) in [6.07, 6.45) is -8.19. The smallest absolute Gasteiger partial charge is 0.345 e. The molecule has 2 aromatic rings. The van der Waals surface area contributed by atoms with Crippen LogP contribution >= 0.6 is 34.8 Å². The third kappa shape index (κ3) is 8.37. The molecule has 0 saturated carbocycles. The van der Waals surface area contributed by atoms with Crippen molar-refractivity contribution in [3.63, 3.8) is 0 Å². The van der Waals surface area contributed by atoms with Gasteiger partial charge in [0.05, 0.1) is 15.1 Å². The van der Waals surface area contributed by atoms with E-state index in [4.69, 9.17) is 34.8 Å². The molecular formula is C24H18Cl3F7N2O2. The molecule has 0 aliphatic heterocycles. The minimum Gasteiger partial charge on any atom is -0.345 e. The molecule has 0 aromatic heterocycles. The third-order valence-corrected chi connectivity index (χ3v) is 6.22. The first-order chi connectivity index (χ1) is 17.4. The van der Waals surface area contributed by atoms with Crippen molar-refractivity contribution >= 4 is 58.5 Å². The van der Waals surface area contributed by atoms with Crippen molar-refractivity contribution in [1.82, 2.24) is 10.6 Å². The summed E-state index contributed by atoms with van der Waals surface area (Å²) in [5.74, 6) is -5.78. The van der Waals surface area contributed by atoms with Gasteiger partial charge in [0.25, 0.3) is 5.91 Å². The maximum Gasteiger partial charge on any atom is 0.405 e. The first kappa shape index (κ1) is 31.5. The second-order valence-corrected chi connectivity index (χ2v) is 9.06. The van der Waals surface area contributed by atoms with Crippen LogP contribution in [-0.2, 0) is 4.79 Å². The average Bonchev–Trinajstić information content (AvgIpc) is 2.82. The summed E-state index contributed by atoms with van der Waals surface area (Å²) in [5, 5.41) is 3.11. The summed E-state index contributed by atoms with van der Waals surface area (Å²) in [7, 11) is 0. The summed E-state index contributed by atoms with van der Waals surface area (Å²) in [4.78, 5) is 24.4. The van der Waals surface area contributed by atoms with Crippen molar-refractivity contribution in [1.29, 1.82) is 0 Å². The maximum absolute atomic E-state index is 15.0. The molecule has 0 bridgehead atoms. The molecule has 0 fully saturated rings. The average molecular weight is 606 g/mol. The lowest BCUT2D eigenvalue weighted by atomic mass is 9.95. The van der Waals surface area contributed by atoms with E-state index < -0.39 is 54.1 Å². The van der Waals surface area contributed by atoms with Crippen molar-refractivity contribution in [2.45, 2.75) is 31.2 Å². The van der Waals surface area contributed by atoms with Gasteiger partial charge in [0.15, 0.2) is 0 Å². The predicted molar refractivity (Wildman–Crippen MR) is 132 cm³/mol. The van der Waals surface area contributed by atoms with Gasteiger partial charge < -0.3 is 10.6 Å². The number of alkyl halides is 6. The van der Waals surface area contributed by atoms with Gasteiger partial charge >= 0.3 is 12.4 Å². The minimum atomic E-state index is -4.94. The van der Waals surface area contributed by atoms with Crippen molar-refractivity contribution in [3.8, 4) is 0 Å². The van der Waals surface area contributed by atoms with Crippen LogP contribution < -0.4 is 10.6 Å². The molecule has 0 aliphatic rings. The van der Waals surface area contributed by atoms with Crippen molar-refractivity contribution in [2.75, 3.05) is 6.54 Å². The summed E-state index contributed by atoms with van der Waals surface area (Å²) < 4.78 is 93.2. The van der Waals surface area contributed by atoms with Gasteiger partial charge in [-0.3, -0.25) is 9.59 Å². The molecule has 38 heavy (non-hydrogen) atoms. The van der Waals surface area contributed by atoms with Crippen molar-refractivity contribution < 1.29 is 40.3 Å². The number of carbonyl (C=O) groups is 2.